The number of aliphatic hydroxyl groups excluding tert-OH is 1. The van der Waals surface area contributed by atoms with Crippen LogP contribution < -0.4 is 5.23 Å². The first-order valence-electron chi connectivity index (χ1n) is 10.7. The fourth-order valence-electron chi connectivity index (χ4n) is 4.14. The minimum atomic E-state index is -1.01. The maximum atomic E-state index is 11.3. The molecule has 33 heavy (non-hydrogen) atoms. The van der Waals surface area contributed by atoms with Gasteiger partial charge in [0.1, 0.15) is 0 Å². The van der Waals surface area contributed by atoms with Crippen LogP contribution in [-0.4, -0.2) is 43.0 Å². The highest BCUT2D eigenvalue weighted by Gasteiger charge is 2.36. The summed E-state index contributed by atoms with van der Waals surface area (Å²) >= 11 is 0. The average Bonchev–Trinajstić information content (AvgIpc) is 3.47. The summed E-state index contributed by atoms with van der Waals surface area (Å²) in [6.45, 7) is 1.12. The number of hydrogen-bond donors (Lipinski definition) is 3. The van der Waals surface area contributed by atoms with Gasteiger partial charge in [-0.3, -0.25) is 9.88 Å². The number of hydrogen-bond acceptors (Lipinski definition) is 8. The molecule has 9 nitrogen and oxygen atoms in total. The molecule has 0 spiro atoms. The minimum Gasteiger partial charge on any atom is -0.595 e. The Bertz CT molecular complexity index is 1210. The Labute approximate surface area is 190 Å². The molecule has 0 radical (unpaired) electrons. The average molecular weight is 445 g/mol. The molecule has 2 aromatic heterocycles. The molecule has 1 aliphatic heterocycles. The van der Waals surface area contributed by atoms with E-state index in [2.05, 4.69) is 32.2 Å². The third-order valence-corrected chi connectivity index (χ3v) is 5.78. The number of aromatic nitrogens is 3. The van der Waals surface area contributed by atoms with E-state index in [9.17, 15) is 15.5 Å². The van der Waals surface area contributed by atoms with Gasteiger partial charge in [-0.2, -0.15) is 10.2 Å². The van der Waals surface area contributed by atoms with E-state index in [1.54, 1.807) is 18.3 Å². The largest absolute Gasteiger partial charge is 0.595 e. The zero-order valence-electron chi connectivity index (χ0n) is 17.7. The molecule has 1 aliphatic rings. The van der Waals surface area contributed by atoms with Gasteiger partial charge in [0.15, 0.2) is 5.69 Å². The molecule has 0 aliphatic carbocycles. The summed E-state index contributed by atoms with van der Waals surface area (Å²) in [6, 6.07) is 20.2. The van der Waals surface area contributed by atoms with E-state index in [1.807, 2.05) is 30.3 Å². The smallest absolute Gasteiger partial charge is 0.244 e. The van der Waals surface area contributed by atoms with Gasteiger partial charge >= 0.3 is 0 Å². The summed E-state index contributed by atoms with van der Waals surface area (Å²) in [5, 5.41) is 33.8. The molecule has 168 valence electrons. The Kier molecular flexibility index (Phi) is 5.95. The lowest BCUT2D eigenvalue weighted by Gasteiger charge is -2.21. The van der Waals surface area contributed by atoms with Gasteiger partial charge < -0.3 is 14.8 Å². The Morgan fingerprint density at radius 2 is 1.91 bits per heavy atom. The highest BCUT2D eigenvalue weighted by atomic mass is 16.8. The molecular weight excluding hydrogens is 422 g/mol. The molecule has 3 heterocycles. The number of rotatable bonds is 6. The molecule has 4 aromatic rings. The van der Waals surface area contributed by atoms with Gasteiger partial charge in [0.25, 0.3) is 0 Å². The first-order chi connectivity index (χ1) is 16.1. The highest BCUT2D eigenvalue weighted by molar-refractivity contribution is 5.59. The molecule has 0 amide bonds. The summed E-state index contributed by atoms with van der Waals surface area (Å²) in [7, 11) is 0. The molecule has 1 fully saturated rings. The van der Waals surface area contributed by atoms with Crippen LogP contribution in [0.1, 0.15) is 23.9 Å². The Balaban J connectivity index is 1.33. The van der Waals surface area contributed by atoms with Crippen molar-refractivity contribution >= 4 is 5.69 Å². The van der Waals surface area contributed by atoms with E-state index in [1.165, 1.54) is 12.1 Å². The van der Waals surface area contributed by atoms with Crippen molar-refractivity contribution < 1.29 is 20.1 Å². The van der Waals surface area contributed by atoms with Crippen LogP contribution in [0.4, 0.5) is 5.69 Å². The molecule has 3 N–H and O–H groups in total. The molecule has 1 saturated heterocycles. The van der Waals surface area contributed by atoms with Crippen LogP contribution in [0.5, 0.6) is 0 Å². The molecule has 0 bridgehead atoms. The number of quaternary nitrogens is 1. The van der Waals surface area contributed by atoms with Gasteiger partial charge in [0.05, 0.1) is 17.8 Å². The number of pyridine rings is 1. The molecule has 3 unspecified atom stereocenters. The van der Waals surface area contributed by atoms with Crippen molar-refractivity contribution in [3.63, 3.8) is 0 Å². The van der Waals surface area contributed by atoms with E-state index < -0.39 is 11.3 Å². The van der Waals surface area contributed by atoms with Crippen molar-refractivity contribution in [2.24, 2.45) is 0 Å². The third kappa shape index (κ3) is 4.68. The van der Waals surface area contributed by atoms with Gasteiger partial charge in [-0.25, -0.2) is 5.21 Å². The topological polar surface area (TPSA) is 123 Å². The standard InChI is InChI=1S/C24H23N5O4/c30-20-13-22(24-26-23(27-33-24)18-4-3-5-19(12-18)29(31)32)28(15-20)14-16-7-9-17(10-8-16)21-6-1-2-11-25-21/h1-12,20,22,29-31H,13-15H2. The van der Waals surface area contributed by atoms with Crippen molar-refractivity contribution in [2.75, 3.05) is 6.54 Å². The van der Waals surface area contributed by atoms with Gasteiger partial charge in [-0.1, -0.05) is 47.6 Å². The van der Waals surface area contributed by atoms with Crippen LogP contribution in [0.3, 0.4) is 0 Å². The predicted molar refractivity (Wildman–Crippen MR) is 119 cm³/mol. The third-order valence-electron chi connectivity index (χ3n) is 5.78. The van der Waals surface area contributed by atoms with Crippen molar-refractivity contribution in [1.82, 2.24) is 20.0 Å². The van der Waals surface area contributed by atoms with E-state index in [0.29, 0.717) is 36.8 Å². The molecule has 5 rings (SSSR count). The van der Waals surface area contributed by atoms with E-state index in [-0.39, 0.29) is 11.7 Å². The van der Waals surface area contributed by atoms with Gasteiger partial charge in [0.2, 0.25) is 11.7 Å². The molecular formula is C24H23N5O4. The fraction of sp³-hybridized carbons (Fsp3) is 0.208. The van der Waals surface area contributed by atoms with Gasteiger partial charge in [0, 0.05) is 42.5 Å². The minimum absolute atomic E-state index is 0.158. The molecule has 0 saturated carbocycles. The monoisotopic (exact) mass is 445 g/mol. The number of nitrogens with zero attached hydrogens (tertiary/aromatic N) is 4. The molecule has 2 aromatic carbocycles. The number of likely N-dealkylation sites (tertiary alicyclic amines) is 1. The van der Waals surface area contributed by atoms with Crippen molar-refractivity contribution in [3.8, 4) is 22.6 Å². The van der Waals surface area contributed by atoms with Gasteiger partial charge in [-0.05, 0) is 24.1 Å². The zero-order valence-corrected chi connectivity index (χ0v) is 17.7. The normalized spacial score (nSPS) is 19.6. The highest BCUT2D eigenvalue weighted by Crippen LogP contribution is 2.34. The summed E-state index contributed by atoms with van der Waals surface area (Å²) < 4.78 is 5.53. The summed E-state index contributed by atoms with van der Waals surface area (Å²) in [5.74, 6) is 0.738. The number of β-amino-alcohol motifs (C(OH)–C–C–N with tert-alkyl or cyclic N) is 1. The molecule has 9 heteroatoms. The zero-order chi connectivity index (χ0) is 22.8. The van der Waals surface area contributed by atoms with Crippen molar-refractivity contribution in [2.45, 2.75) is 25.1 Å². The second-order valence-electron chi connectivity index (χ2n) is 8.09. The van der Waals surface area contributed by atoms with Crippen molar-refractivity contribution in [3.05, 3.63) is 89.6 Å². The predicted octanol–water partition coefficient (Wildman–Crippen LogP) is 2.51. The Morgan fingerprint density at radius 3 is 2.67 bits per heavy atom. The quantitative estimate of drug-likeness (QED) is 0.387. The number of nitrogens with one attached hydrogen (secondary N) is 1. The number of aliphatic hydroxyl groups is 1. The summed E-state index contributed by atoms with van der Waals surface area (Å²) in [5.41, 5.74) is 3.79. The summed E-state index contributed by atoms with van der Waals surface area (Å²) in [4.78, 5) is 11.0. The summed E-state index contributed by atoms with van der Waals surface area (Å²) in [6.07, 6.45) is 1.77. The maximum Gasteiger partial charge on any atom is 0.244 e. The van der Waals surface area contributed by atoms with Crippen LogP contribution in [0, 0.1) is 5.21 Å². The first kappa shape index (κ1) is 21.4. The fourth-order valence-corrected chi connectivity index (χ4v) is 4.14. The second-order valence-corrected chi connectivity index (χ2v) is 8.09. The maximum absolute atomic E-state index is 11.3. The van der Waals surface area contributed by atoms with Crippen LogP contribution >= 0.6 is 0 Å². The Hall–Kier alpha value is -3.47. The second kappa shape index (κ2) is 9.18. The van der Waals surface area contributed by atoms with Crippen LogP contribution in [-0.2, 0) is 6.54 Å². The van der Waals surface area contributed by atoms with Crippen LogP contribution in [0.25, 0.3) is 22.6 Å². The lowest BCUT2D eigenvalue weighted by Crippen LogP contribution is -2.99. The SMILES string of the molecule is [O-][NH+](O)c1cccc(-c2noc(C3CC(O)CN3Cc3ccc(-c4ccccn4)cc3)n2)c1. The van der Waals surface area contributed by atoms with Crippen LogP contribution in [0.15, 0.2) is 77.4 Å². The number of benzene rings is 2. The lowest BCUT2D eigenvalue weighted by atomic mass is 10.1. The molecule has 3 atom stereocenters. The van der Waals surface area contributed by atoms with E-state index in [0.717, 1.165) is 16.8 Å². The van der Waals surface area contributed by atoms with Crippen molar-refractivity contribution in [1.29, 1.82) is 0 Å². The van der Waals surface area contributed by atoms with E-state index >= 15 is 0 Å². The van der Waals surface area contributed by atoms with Crippen LogP contribution in [0.2, 0.25) is 0 Å². The lowest BCUT2D eigenvalue weighted by molar-refractivity contribution is -0.991. The Morgan fingerprint density at radius 1 is 1.06 bits per heavy atom. The van der Waals surface area contributed by atoms with Gasteiger partial charge in [-0.15, -0.1) is 0 Å². The first-order valence-corrected chi connectivity index (χ1v) is 10.7. The van der Waals surface area contributed by atoms with E-state index in [4.69, 9.17) is 4.52 Å².